The van der Waals surface area contributed by atoms with E-state index in [0.717, 1.165) is 10.7 Å². The molecular weight excluding hydrogens is 284 g/mol. The fraction of sp³-hybridized carbons (Fsp3) is 0.267. The first kappa shape index (κ1) is 15.0. The maximum atomic E-state index is 11.7. The number of anilines is 1. The summed E-state index contributed by atoms with van der Waals surface area (Å²) in [5.41, 5.74) is 1.51. The molecule has 2 aromatic heterocycles. The second-order valence-corrected chi connectivity index (χ2v) is 5.82. The Morgan fingerprint density at radius 1 is 1.43 bits per heavy atom. The average Bonchev–Trinajstić information content (AvgIpc) is 2.81. The van der Waals surface area contributed by atoms with E-state index in [1.54, 1.807) is 23.5 Å². The molecule has 1 amide bonds. The van der Waals surface area contributed by atoms with E-state index >= 15 is 0 Å². The van der Waals surface area contributed by atoms with Crippen LogP contribution < -0.4 is 10.6 Å². The van der Waals surface area contributed by atoms with Crippen molar-refractivity contribution in [3.63, 3.8) is 0 Å². The lowest BCUT2D eigenvalue weighted by atomic mass is 10.2. The van der Waals surface area contributed by atoms with Gasteiger partial charge in [0, 0.05) is 11.1 Å². The molecule has 108 valence electrons. The Hall–Kier alpha value is -2.39. The number of carbonyl (C=O) groups excluding carboxylic acids is 1. The molecule has 0 unspecified atom stereocenters. The molecule has 0 saturated heterocycles. The molecule has 5 nitrogen and oxygen atoms in total. The number of pyridine rings is 1. The topological polar surface area (TPSA) is 66.9 Å². The van der Waals surface area contributed by atoms with Crippen molar-refractivity contribution in [1.82, 2.24) is 15.3 Å². The Labute approximate surface area is 127 Å². The van der Waals surface area contributed by atoms with Crippen LogP contribution >= 0.6 is 11.3 Å². The summed E-state index contributed by atoms with van der Waals surface area (Å²) in [6, 6.07) is 3.47. The molecule has 2 rings (SSSR count). The Morgan fingerprint density at radius 2 is 2.24 bits per heavy atom. The zero-order chi connectivity index (χ0) is 15.2. The van der Waals surface area contributed by atoms with Crippen LogP contribution in [0.3, 0.4) is 0 Å². The van der Waals surface area contributed by atoms with Crippen molar-refractivity contribution in [3.05, 3.63) is 39.5 Å². The lowest BCUT2D eigenvalue weighted by Gasteiger charge is -2.06. The van der Waals surface area contributed by atoms with Crippen molar-refractivity contribution in [2.24, 2.45) is 0 Å². The van der Waals surface area contributed by atoms with Gasteiger partial charge >= 0.3 is 0 Å². The molecule has 0 atom stereocenters. The van der Waals surface area contributed by atoms with E-state index < -0.39 is 0 Å². The maximum Gasteiger partial charge on any atom is 0.253 e. The van der Waals surface area contributed by atoms with Crippen molar-refractivity contribution >= 4 is 23.1 Å². The molecule has 2 aromatic rings. The fourth-order valence-electron chi connectivity index (χ4n) is 1.78. The number of terminal acetylenes is 1. The van der Waals surface area contributed by atoms with Gasteiger partial charge in [-0.2, -0.15) is 0 Å². The summed E-state index contributed by atoms with van der Waals surface area (Å²) < 4.78 is 0. The third-order valence-electron chi connectivity index (χ3n) is 2.81. The number of hydrogen-bond donors (Lipinski definition) is 2. The predicted molar refractivity (Wildman–Crippen MR) is 84.3 cm³/mol. The standard InChI is InChI=1S/C15H16N4OS/c1-4-7-16-15(20)12-5-6-14(17-8-12)18-9-13-10(2)21-11(3)19-13/h1,5-6,8H,7,9H2,2-3H3,(H,16,20)(H,17,18). The van der Waals surface area contributed by atoms with Gasteiger partial charge in [0.1, 0.15) is 5.82 Å². The first-order chi connectivity index (χ1) is 10.1. The van der Waals surface area contributed by atoms with Gasteiger partial charge in [0.05, 0.1) is 29.4 Å². The second kappa shape index (κ2) is 6.86. The summed E-state index contributed by atoms with van der Waals surface area (Å²) in [7, 11) is 0. The van der Waals surface area contributed by atoms with Crippen LogP contribution in [0.2, 0.25) is 0 Å². The number of thiazole rings is 1. The molecule has 0 spiro atoms. The summed E-state index contributed by atoms with van der Waals surface area (Å²) in [5.74, 6) is 2.83. The van der Waals surface area contributed by atoms with E-state index in [9.17, 15) is 4.79 Å². The number of nitrogens with one attached hydrogen (secondary N) is 2. The summed E-state index contributed by atoms with van der Waals surface area (Å²) in [6.45, 7) is 4.87. The summed E-state index contributed by atoms with van der Waals surface area (Å²) >= 11 is 1.68. The number of rotatable bonds is 5. The largest absolute Gasteiger partial charge is 0.364 e. The molecule has 0 aliphatic carbocycles. The lowest BCUT2D eigenvalue weighted by Crippen LogP contribution is -2.23. The molecule has 6 heteroatoms. The van der Waals surface area contributed by atoms with E-state index in [0.29, 0.717) is 17.9 Å². The SMILES string of the molecule is C#CCNC(=O)c1ccc(NCc2nc(C)sc2C)nc1. The molecule has 0 fully saturated rings. The monoisotopic (exact) mass is 300 g/mol. The number of nitrogens with zero attached hydrogens (tertiary/aromatic N) is 2. The summed E-state index contributed by atoms with van der Waals surface area (Å²) in [6.07, 6.45) is 6.61. The van der Waals surface area contributed by atoms with Gasteiger partial charge in [-0.25, -0.2) is 9.97 Å². The van der Waals surface area contributed by atoms with Gasteiger partial charge in [0.15, 0.2) is 0 Å². The molecule has 0 bridgehead atoms. The summed E-state index contributed by atoms with van der Waals surface area (Å²) in [4.78, 5) is 21.5. The Morgan fingerprint density at radius 3 is 2.81 bits per heavy atom. The highest BCUT2D eigenvalue weighted by Crippen LogP contribution is 2.17. The van der Waals surface area contributed by atoms with Gasteiger partial charge in [-0.15, -0.1) is 17.8 Å². The molecule has 0 aromatic carbocycles. The smallest absolute Gasteiger partial charge is 0.253 e. The normalized spacial score (nSPS) is 9.95. The van der Waals surface area contributed by atoms with Gasteiger partial charge in [0.2, 0.25) is 0 Å². The third kappa shape index (κ3) is 4.04. The number of amides is 1. The Kier molecular flexibility index (Phi) is 4.90. The molecule has 0 aliphatic heterocycles. The molecule has 0 aliphatic rings. The van der Waals surface area contributed by atoms with Crippen molar-refractivity contribution in [1.29, 1.82) is 0 Å². The number of aryl methyl sites for hydroxylation is 2. The highest BCUT2D eigenvalue weighted by atomic mass is 32.1. The predicted octanol–water partition coefficient (Wildman–Crippen LogP) is 2.13. The first-order valence-corrected chi connectivity index (χ1v) is 7.26. The van der Waals surface area contributed by atoms with Crippen LogP contribution in [0.15, 0.2) is 18.3 Å². The van der Waals surface area contributed by atoms with Crippen LogP contribution in [-0.4, -0.2) is 22.4 Å². The minimum Gasteiger partial charge on any atom is -0.364 e. The van der Waals surface area contributed by atoms with Crippen molar-refractivity contribution in [3.8, 4) is 12.3 Å². The van der Waals surface area contributed by atoms with Crippen LogP contribution in [0.1, 0.15) is 25.9 Å². The second-order valence-electron chi connectivity index (χ2n) is 4.41. The first-order valence-electron chi connectivity index (χ1n) is 6.44. The van der Waals surface area contributed by atoms with Gasteiger partial charge in [-0.05, 0) is 26.0 Å². The molecular formula is C15H16N4OS. The van der Waals surface area contributed by atoms with Crippen molar-refractivity contribution in [2.45, 2.75) is 20.4 Å². The Balaban J connectivity index is 1.95. The van der Waals surface area contributed by atoms with E-state index in [2.05, 4.69) is 26.5 Å². The molecule has 0 saturated carbocycles. The van der Waals surface area contributed by atoms with Crippen molar-refractivity contribution < 1.29 is 4.79 Å². The number of aromatic nitrogens is 2. The van der Waals surface area contributed by atoms with E-state index in [4.69, 9.17) is 6.42 Å². The molecule has 21 heavy (non-hydrogen) atoms. The van der Waals surface area contributed by atoms with Crippen LogP contribution in [0, 0.1) is 26.2 Å². The van der Waals surface area contributed by atoms with Gasteiger partial charge < -0.3 is 10.6 Å². The Bertz CT molecular complexity index is 670. The fourth-order valence-corrected chi connectivity index (χ4v) is 2.61. The van der Waals surface area contributed by atoms with Crippen LogP contribution in [0.5, 0.6) is 0 Å². The van der Waals surface area contributed by atoms with Crippen LogP contribution in [0.4, 0.5) is 5.82 Å². The quantitative estimate of drug-likeness (QED) is 0.830. The maximum absolute atomic E-state index is 11.7. The van der Waals surface area contributed by atoms with E-state index in [-0.39, 0.29) is 12.5 Å². The molecule has 0 radical (unpaired) electrons. The van der Waals surface area contributed by atoms with Gasteiger partial charge in [0.25, 0.3) is 5.91 Å². The zero-order valence-corrected chi connectivity index (χ0v) is 12.8. The van der Waals surface area contributed by atoms with E-state index in [1.807, 2.05) is 13.8 Å². The van der Waals surface area contributed by atoms with Crippen LogP contribution in [-0.2, 0) is 6.54 Å². The zero-order valence-electron chi connectivity index (χ0n) is 11.9. The van der Waals surface area contributed by atoms with Gasteiger partial charge in [-0.1, -0.05) is 5.92 Å². The highest BCUT2D eigenvalue weighted by Gasteiger charge is 2.07. The average molecular weight is 300 g/mol. The number of carbonyl (C=O) groups is 1. The van der Waals surface area contributed by atoms with Crippen molar-refractivity contribution in [2.75, 3.05) is 11.9 Å². The van der Waals surface area contributed by atoms with Crippen LogP contribution in [0.25, 0.3) is 0 Å². The lowest BCUT2D eigenvalue weighted by molar-refractivity contribution is 0.0958. The molecule has 2 heterocycles. The third-order valence-corrected chi connectivity index (χ3v) is 3.74. The minimum atomic E-state index is -0.224. The molecule has 2 N–H and O–H groups in total. The van der Waals surface area contributed by atoms with Gasteiger partial charge in [-0.3, -0.25) is 4.79 Å². The number of hydrogen-bond acceptors (Lipinski definition) is 5. The summed E-state index contributed by atoms with van der Waals surface area (Å²) in [5, 5.41) is 6.84. The minimum absolute atomic E-state index is 0.210. The van der Waals surface area contributed by atoms with E-state index in [1.165, 1.54) is 11.1 Å². The highest BCUT2D eigenvalue weighted by molar-refractivity contribution is 7.11.